The van der Waals surface area contributed by atoms with Crippen LogP contribution in [0.2, 0.25) is 0 Å². The second kappa shape index (κ2) is 4.92. The van der Waals surface area contributed by atoms with Crippen LogP contribution in [-0.4, -0.2) is 15.1 Å². The number of anilines is 1. The predicted molar refractivity (Wildman–Crippen MR) is 68.7 cm³/mol. The molecule has 0 radical (unpaired) electrons. The predicted octanol–water partition coefficient (Wildman–Crippen LogP) is 1.62. The fourth-order valence-corrected chi connectivity index (χ4v) is 1.44. The molecule has 0 saturated heterocycles. The lowest BCUT2D eigenvalue weighted by molar-refractivity contribution is 0.384. The van der Waals surface area contributed by atoms with E-state index in [2.05, 4.69) is 15.5 Å². The molecule has 5 nitrogen and oxygen atoms in total. The lowest BCUT2D eigenvalue weighted by Crippen LogP contribution is -2.10. The Kier molecular flexibility index (Phi) is 3.34. The molecule has 2 aromatic heterocycles. The van der Waals surface area contributed by atoms with Crippen molar-refractivity contribution in [3.63, 3.8) is 0 Å². The number of nitrogens with one attached hydrogen (secondary N) is 1. The van der Waals surface area contributed by atoms with Gasteiger partial charge in [0.05, 0.1) is 12.2 Å². The van der Waals surface area contributed by atoms with E-state index in [1.54, 1.807) is 6.20 Å². The zero-order valence-electron chi connectivity index (χ0n) is 9.30. The molecular weight excluding hydrogens is 236 g/mol. The Morgan fingerprint density at radius 2 is 2.35 bits per heavy atom. The van der Waals surface area contributed by atoms with Gasteiger partial charge in [-0.25, -0.2) is 4.98 Å². The van der Waals surface area contributed by atoms with Crippen LogP contribution in [0.4, 0.5) is 5.82 Å². The van der Waals surface area contributed by atoms with Gasteiger partial charge in [-0.15, -0.1) is 0 Å². The summed E-state index contributed by atoms with van der Waals surface area (Å²) in [5.74, 6) is 1.50. The summed E-state index contributed by atoms with van der Waals surface area (Å²) in [6.07, 6.45) is 1.64. The molecule has 0 unspecified atom stereocenters. The van der Waals surface area contributed by atoms with E-state index in [1.807, 2.05) is 25.1 Å². The van der Waals surface area contributed by atoms with Gasteiger partial charge >= 0.3 is 0 Å². The number of aryl methyl sites for hydroxylation is 1. The first-order chi connectivity index (χ1) is 8.15. The van der Waals surface area contributed by atoms with Crippen molar-refractivity contribution < 1.29 is 4.52 Å². The van der Waals surface area contributed by atoms with Crippen LogP contribution < -0.4 is 11.1 Å². The van der Waals surface area contributed by atoms with Crippen molar-refractivity contribution >= 4 is 23.0 Å². The largest absolute Gasteiger partial charge is 0.389 e. The Labute approximate surface area is 104 Å². The molecule has 0 aliphatic carbocycles. The van der Waals surface area contributed by atoms with E-state index in [-0.39, 0.29) is 0 Å². The van der Waals surface area contributed by atoms with Crippen molar-refractivity contribution in [1.82, 2.24) is 10.1 Å². The molecule has 0 aromatic carbocycles. The second-order valence-electron chi connectivity index (χ2n) is 3.58. The van der Waals surface area contributed by atoms with E-state index in [0.717, 1.165) is 22.8 Å². The summed E-state index contributed by atoms with van der Waals surface area (Å²) < 4.78 is 5.07. The van der Waals surface area contributed by atoms with E-state index in [4.69, 9.17) is 22.5 Å². The number of aromatic nitrogens is 2. The van der Waals surface area contributed by atoms with E-state index in [0.29, 0.717) is 11.5 Å². The molecule has 0 amide bonds. The summed E-state index contributed by atoms with van der Waals surface area (Å²) in [6, 6.07) is 5.51. The van der Waals surface area contributed by atoms with E-state index < -0.39 is 0 Å². The molecule has 2 aromatic rings. The molecule has 0 atom stereocenters. The minimum Gasteiger partial charge on any atom is -0.389 e. The van der Waals surface area contributed by atoms with E-state index >= 15 is 0 Å². The molecule has 0 fully saturated rings. The van der Waals surface area contributed by atoms with Crippen LogP contribution in [0.3, 0.4) is 0 Å². The third-order valence-electron chi connectivity index (χ3n) is 2.17. The molecule has 0 aliphatic rings. The van der Waals surface area contributed by atoms with Crippen LogP contribution >= 0.6 is 12.2 Å². The lowest BCUT2D eigenvalue weighted by Gasteiger charge is -2.03. The molecule has 3 N–H and O–H groups in total. The Hall–Kier alpha value is -1.95. The number of hydrogen-bond donors (Lipinski definition) is 2. The van der Waals surface area contributed by atoms with Crippen LogP contribution in [0.1, 0.15) is 17.0 Å². The first-order valence-electron chi connectivity index (χ1n) is 5.07. The van der Waals surface area contributed by atoms with Gasteiger partial charge in [-0.2, -0.15) is 0 Å². The maximum absolute atomic E-state index is 5.48. The highest BCUT2D eigenvalue weighted by Gasteiger charge is 2.01. The van der Waals surface area contributed by atoms with Gasteiger partial charge in [0.25, 0.3) is 0 Å². The maximum atomic E-state index is 5.48. The molecule has 2 heterocycles. The lowest BCUT2D eigenvalue weighted by atomic mass is 10.3. The van der Waals surface area contributed by atoms with E-state index in [1.165, 1.54) is 0 Å². The Morgan fingerprint density at radius 1 is 1.53 bits per heavy atom. The first kappa shape index (κ1) is 11.5. The van der Waals surface area contributed by atoms with Crippen LogP contribution in [-0.2, 0) is 6.54 Å². The van der Waals surface area contributed by atoms with Crippen molar-refractivity contribution in [2.45, 2.75) is 13.5 Å². The van der Waals surface area contributed by atoms with Gasteiger partial charge < -0.3 is 15.6 Å². The number of hydrogen-bond acceptors (Lipinski definition) is 5. The SMILES string of the molecule is Cc1cc(CNc2ccc(C(N)=S)cn2)on1. The van der Waals surface area contributed by atoms with Gasteiger partial charge in [-0.1, -0.05) is 17.4 Å². The normalized spacial score (nSPS) is 10.2. The number of nitrogens with zero attached hydrogens (tertiary/aromatic N) is 2. The third-order valence-corrected chi connectivity index (χ3v) is 2.40. The number of nitrogens with two attached hydrogens (primary N) is 1. The van der Waals surface area contributed by atoms with Crippen molar-refractivity contribution in [2.75, 3.05) is 5.32 Å². The molecule has 6 heteroatoms. The molecular formula is C11H12N4OS. The van der Waals surface area contributed by atoms with Gasteiger partial charge in [0.15, 0.2) is 5.76 Å². The van der Waals surface area contributed by atoms with Crippen molar-refractivity contribution in [3.8, 4) is 0 Å². The number of thiocarbonyl (C=S) groups is 1. The Bertz CT molecular complexity index is 521. The highest BCUT2D eigenvalue weighted by Crippen LogP contribution is 2.08. The molecule has 2 rings (SSSR count). The minimum atomic E-state index is 0.343. The summed E-state index contributed by atoms with van der Waals surface area (Å²) in [6.45, 7) is 2.42. The summed E-state index contributed by atoms with van der Waals surface area (Å²) in [7, 11) is 0. The minimum absolute atomic E-state index is 0.343. The highest BCUT2D eigenvalue weighted by atomic mass is 32.1. The average molecular weight is 248 g/mol. The van der Waals surface area contributed by atoms with Crippen molar-refractivity contribution in [3.05, 3.63) is 41.4 Å². The second-order valence-corrected chi connectivity index (χ2v) is 4.02. The number of rotatable bonds is 4. The monoisotopic (exact) mass is 248 g/mol. The zero-order chi connectivity index (χ0) is 12.3. The van der Waals surface area contributed by atoms with Crippen LogP contribution in [0.5, 0.6) is 0 Å². The van der Waals surface area contributed by atoms with Crippen LogP contribution in [0, 0.1) is 6.92 Å². The summed E-state index contributed by atoms with van der Waals surface area (Å²) in [4.78, 5) is 4.52. The van der Waals surface area contributed by atoms with Crippen LogP contribution in [0.15, 0.2) is 28.9 Å². The van der Waals surface area contributed by atoms with E-state index in [9.17, 15) is 0 Å². The Morgan fingerprint density at radius 3 is 2.88 bits per heavy atom. The quantitative estimate of drug-likeness (QED) is 0.801. The van der Waals surface area contributed by atoms with Crippen LogP contribution in [0.25, 0.3) is 0 Å². The summed E-state index contributed by atoms with van der Waals surface area (Å²) >= 11 is 4.84. The Balaban J connectivity index is 1.97. The molecule has 0 aliphatic heterocycles. The third kappa shape index (κ3) is 3.01. The standard InChI is InChI=1S/C11H12N4OS/c1-7-4-9(16-15-7)6-14-10-3-2-8(5-13-10)11(12)17/h2-5H,6H2,1H3,(H2,12,17)(H,13,14). The van der Waals surface area contributed by atoms with Gasteiger partial charge in [0.1, 0.15) is 10.8 Å². The first-order valence-corrected chi connectivity index (χ1v) is 5.48. The fraction of sp³-hybridized carbons (Fsp3) is 0.182. The molecule has 0 spiro atoms. The van der Waals surface area contributed by atoms with Gasteiger partial charge in [0, 0.05) is 17.8 Å². The van der Waals surface area contributed by atoms with Crippen molar-refractivity contribution in [2.24, 2.45) is 5.73 Å². The smallest absolute Gasteiger partial charge is 0.156 e. The maximum Gasteiger partial charge on any atom is 0.156 e. The van der Waals surface area contributed by atoms with Gasteiger partial charge in [-0.3, -0.25) is 0 Å². The topological polar surface area (TPSA) is 77.0 Å². The summed E-state index contributed by atoms with van der Waals surface area (Å²) in [5, 5.41) is 6.91. The molecule has 17 heavy (non-hydrogen) atoms. The number of pyridine rings is 1. The fourth-order valence-electron chi connectivity index (χ4n) is 1.32. The molecule has 88 valence electrons. The van der Waals surface area contributed by atoms with Gasteiger partial charge in [0.2, 0.25) is 0 Å². The van der Waals surface area contributed by atoms with Crippen molar-refractivity contribution in [1.29, 1.82) is 0 Å². The van der Waals surface area contributed by atoms with Gasteiger partial charge in [-0.05, 0) is 19.1 Å². The average Bonchev–Trinajstić information content (AvgIpc) is 2.73. The molecule has 0 bridgehead atoms. The zero-order valence-corrected chi connectivity index (χ0v) is 10.1. The summed E-state index contributed by atoms with van der Waals surface area (Å²) in [5.41, 5.74) is 7.09. The molecule has 0 saturated carbocycles. The highest BCUT2D eigenvalue weighted by molar-refractivity contribution is 7.80.